The molecule has 1 aromatic rings. The Bertz CT molecular complexity index is 474. The lowest BCUT2D eigenvalue weighted by Crippen LogP contribution is -2.63. The topological polar surface area (TPSA) is 15.3 Å². The fourth-order valence-electron chi connectivity index (χ4n) is 3.28. The average Bonchev–Trinajstić information content (AvgIpc) is 2.51. The first kappa shape index (κ1) is 16.9. The first-order valence-electron chi connectivity index (χ1n) is 7.97. The SMILES string of the molecule is CCC1CN(Cc2ccc(F)c(Br)c2)C(CC)(CC)CN1. The van der Waals surface area contributed by atoms with Crippen LogP contribution in [0, 0.1) is 5.82 Å². The van der Waals surface area contributed by atoms with Gasteiger partial charge in [-0.25, -0.2) is 4.39 Å². The van der Waals surface area contributed by atoms with Crippen molar-refractivity contribution in [3.8, 4) is 0 Å². The van der Waals surface area contributed by atoms with Gasteiger partial charge in [-0.1, -0.05) is 26.8 Å². The first-order chi connectivity index (χ1) is 10.0. The predicted octanol–water partition coefficient (Wildman–Crippen LogP) is 4.33. The molecular weight excluding hydrogens is 331 g/mol. The van der Waals surface area contributed by atoms with E-state index in [4.69, 9.17) is 0 Å². The van der Waals surface area contributed by atoms with E-state index in [0.29, 0.717) is 10.5 Å². The van der Waals surface area contributed by atoms with E-state index in [1.807, 2.05) is 12.1 Å². The van der Waals surface area contributed by atoms with Crippen LogP contribution in [-0.4, -0.2) is 29.6 Å². The minimum Gasteiger partial charge on any atom is -0.311 e. The zero-order chi connectivity index (χ0) is 15.5. The van der Waals surface area contributed by atoms with E-state index < -0.39 is 0 Å². The van der Waals surface area contributed by atoms with Crippen LogP contribution in [-0.2, 0) is 6.54 Å². The zero-order valence-corrected chi connectivity index (χ0v) is 14.8. The summed E-state index contributed by atoms with van der Waals surface area (Å²) in [6.07, 6.45) is 3.41. The number of nitrogens with zero attached hydrogens (tertiary/aromatic N) is 1. The number of halogens is 2. The molecule has 1 N–H and O–H groups in total. The fourth-order valence-corrected chi connectivity index (χ4v) is 3.71. The quantitative estimate of drug-likeness (QED) is 0.844. The Morgan fingerprint density at radius 3 is 2.62 bits per heavy atom. The van der Waals surface area contributed by atoms with Gasteiger partial charge in [0.1, 0.15) is 5.82 Å². The third kappa shape index (κ3) is 3.66. The van der Waals surface area contributed by atoms with E-state index in [9.17, 15) is 4.39 Å². The molecule has 0 spiro atoms. The van der Waals surface area contributed by atoms with Crippen molar-refractivity contribution < 1.29 is 4.39 Å². The number of benzene rings is 1. The number of piperazine rings is 1. The minimum atomic E-state index is -0.192. The average molecular weight is 357 g/mol. The molecule has 21 heavy (non-hydrogen) atoms. The van der Waals surface area contributed by atoms with E-state index in [2.05, 4.69) is 46.9 Å². The van der Waals surface area contributed by atoms with Gasteiger partial charge in [0, 0.05) is 31.2 Å². The van der Waals surface area contributed by atoms with Crippen LogP contribution in [0.4, 0.5) is 4.39 Å². The van der Waals surface area contributed by atoms with Crippen LogP contribution in [0.15, 0.2) is 22.7 Å². The summed E-state index contributed by atoms with van der Waals surface area (Å²) in [5.41, 5.74) is 1.39. The van der Waals surface area contributed by atoms with Crippen molar-refractivity contribution in [3.05, 3.63) is 34.1 Å². The van der Waals surface area contributed by atoms with Crippen molar-refractivity contribution in [1.82, 2.24) is 10.2 Å². The summed E-state index contributed by atoms with van der Waals surface area (Å²) in [4.78, 5) is 2.59. The summed E-state index contributed by atoms with van der Waals surface area (Å²) in [5.74, 6) is -0.192. The molecule has 0 bridgehead atoms. The standard InChI is InChI=1S/C17H26BrFN2/c1-4-14-11-21(17(5-2,6-3)12-20-14)10-13-7-8-16(19)15(18)9-13/h7-9,14,20H,4-6,10-12H2,1-3H3. The predicted molar refractivity (Wildman–Crippen MR) is 89.9 cm³/mol. The Morgan fingerprint density at radius 1 is 1.33 bits per heavy atom. The van der Waals surface area contributed by atoms with E-state index in [1.54, 1.807) is 6.07 Å². The summed E-state index contributed by atoms with van der Waals surface area (Å²) in [7, 11) is 0. The van der Waals surface area contributed by atoms with Gasteiger partial charge in [-0.2, -0.15) is 0 Å². The molecule has 1 saturated heterocycles. The van der Waals surface area contributed by atoms with Crippen molar-refractivity contribution in [3.63, 3.8) is 0 Å². The molecule has 0 aliphatic carbocycles. The van der Waals surface area contributed by atoms with Gasteiger partial charge in [0.2, 0.25) is 0 Å². The molecule has 1 unspecified atom stereocenters. The maximum absolute atomic E-state index is 13.4. The van der Waals surface area contributed by atoms with Gasteiger partial charge in [-0.05, 0) is 52.9 Å². The van der Waals surface area contributed by atoms with Gasteiger partial charge in [0.05, 0.1) is 4.47 Å². The molecule has 0 aromatic heterocycles. The molecule has 2 nitrogen and oxygen atoms in total. The van der Waals surface area contributed by atoms with Crippen LogP contribution in [0.2, 0.25) is 0 Å². The van der Waals surface area contributed by atoms with Crippen molar-refractivity contribution in [2.75, 3.05) is 13.1 Å². The van der Waals surface area contributed by atoms with Crippen LogP contribution in [0.5, 0.6) is 0 Å². The molecule has 1 heterocycles. The minimum absolute atomic E-state index is 0.192. The maximum Gasteiger partial charge on any atom is 0.137 e. The molecule has 1 aliphatic rings. The Morgan fingerprint density at radius 2 is 2.05 bits per heavy atom. The summed E-state index contributed by atoms with van der Waals surface area (Å²) in [6.45, 7) is 9.76. The highest BCUT2D eigenvalue weighted by molar-refractivity contribution is 9.10. The third-order valence-corrected chi connectivity index (χ3v) is 5.61. The van der Waals surface area contributed by atoms with Crippen LogP contribution >= 0.6 is 15.9 Å². The summed E-state index contributed by atoms with van der Waals surface area (Å²) < 4.78 is 14.0. The van der Waals surface area contributed by atoms with Crippen LogP contribution in [0.25, 0.3) is 0 Å². The van der Waals surface area contributed by atoms with Crippen LogP contribution in [0.3, 0.4) is 0 Å². The normalized spacial score (nSPS) is 22.4. The highest BCUT2D eigenvalue weighted by Gasteiger charge is 2.38. The van der Waals surface area contributed by atoms with Gasteiger partial charge in [0.15, 0.2) is 0 Å². The molecule has 118 valence electrons. The molecule has 2 rings (SSSR count). The lowest BCUT2D eigenvalue weighted by atomic mass is 9.86. The molecule has 0 radical (unpaired) electrons. The van der Waals surface area contributed by atoms with Gasteiger partial charge >= 0.3 is 0 Å². The number of rotatable bonds is 5. The maximum atomic E-state index is 13.4. The molecule has 4 heteroatoms. The number of nitrogens with one attached hydrogen (secondary N) is 1. The van der Waals surface area contributed by atoms with Crippen LogP contribution < -0.4 is 5.32 Å². The van der Waals surface area contributed by atoms with E-state index in [1.165, 1.54) is 5.56 Å². The molecule has 0 amide bonds. The highest BCUT2D eigenvalue weighted by Crippen LogP contribution is 2.30. The van der Waals surface area contributed by atoms with Gasteiger partial charge in [-0.15, -0.1) is 0 Å². The highest BCUT2D eigenvalue weighted by atomic mass is 79.9. The second-order valence-corrected chi connectivity index (χ2v) is 6.90. The summed E-state index contributed by atoms with van der Waals surface area (Å²) >= 11 is 3.29. The smallest absolute Gasteiger partial charge is 0.137 e. The van der Waals surface area contributed by atoms with E-state index in [0.717, 1.165) is 38.9 Å². The van der Waals surface area contributed by atoms with Crippen molar-refractivity contribution >= 4 is 15.9 Å². The number of hydrogen-bond donors (Lipinski definition) is 1. The molecular formula is C17H26BrFN2. The molecule has 0 saturated carbocycles. The molecule has 1 fully saturated rings. The summed E-state index contributed by atoms with van der Waals surface area (Å²) in [5, 5.41) is 3.69. The lowest BCUT2D eigenvalue weighted by Gasteiger charge is -2.49. The zero-order valence-electron chi connectivity index (χ0n) is 13.3. The van der Waals surface area contributed by atoms with Crippen molar-refractivity contribution in [1.29, 1.82) is 0 Å². The second-order valence-electron chi connectivity index (χ2n) is 6.05. The third-order valence-electron chi connectivity index (χ3n) is 5.00. The Balaban J connectivity index is 2.21. The second kappa shape index (κ2) is 7.21. The van der Waals surface area contributed by atoms with E-state index in [-0.39, 0.29) is 11.4 Å². The molecule has 1 atom stereocenters. The van der Waals surface area contributed by atoms with Crippen LogP contribution in [0.1, 0.15) is 45.6 Å². The number of hydrogen-bond acceptors (Lipinski definition) is 2. The fraction of sp³-hybridized carbons (Fsp3) is 0.647. The van der Waals surface area contributed by atoms with Gasteiger partial charge in [0.25, 0.3) is 0 Å². The largest absolute Gasteiger partial charge is 0.311 e. The Kier molecular flexibility index (Phi) is 5.81. The first-order valence-corrected chi connectivity index (χ1v) is 8.76. The van der Waals surface area contributed by atoms with Gasteiger partial charge in [-0.3, -0.25) is 4.90 Å². The van der Waals surface area contributed by atoms with Crippen molar-refractivity contribution in [2.45, 2.75) is 58.2 Å². The van der Waals surface area contributed by atoms with Gasteiger partial charge < -0.3 is 5.32 Å². The van der Waals surface area contributed by atoms with E-state index >= 15 is 0 Å². The molecule has 1 aliphatic heterocycles. The van der Waals surface area contributed by atoms with Crippen molar-refractivity contribution in [2.24, 2.45) is 0 Å². The monoisotopic (exact) mass is 356 g/mol. The molecule has 1 aromatic carbocycles. The summed E-state index contributed by atoms with van der Waals surface area (Å²) in [6, 6.07) is 5.92. The Hall–Kier alpha value is -0.450. The Labute approximate surface area is 136 Å². The lowest BCUT2D eigenvalue weighted by molar-refractivity contribution is 0.0238.